The van der Waals surface area contributed by atoms with Crippen molar-refractivity contribution in [2.24, 2.45) is 0 Å². The third-order valence-corrected chi connectivity index (χ3v) is 5.60. The van der Waals surface area contributed by atoms with Gasteiger partial charge in [-0.25, -0.2) is 0 Å². The molecule has 2 N–H and O–H groups in total. The number of carbonyl (C=O) groups is 1. The molecule has 0 radical (unpaired) electrons. The summed E-state index contributed by atoms with van der Waals surface area (Å²) < 4.78 is 10.1. The summed E-state index contributed by atoms with van der Waals surface area (Å²) in [4.78, 5) is 11.8. The molecule has 0 spiro atoms. The van der Waals surface area contributed by atoms with Gasteiger partial charge >= 0.3 is 0 Å². The van der Waals surface area contributed by atoms with Crippen LogP contribution in [0, 0.1) is 0 Å². The van der Waals surface area contributed by atoms with Crippen molar-refractivity contribution >= 4 is 27.5 Å². The lowest BCUT2D eigenvalue weighted by molar-refractivity contribution is -0.121. The van der Waals surface area contributed by atoms with Crippen molar-refractivity contribution in [3.05, 3.63) is 0 Å². The van der Waals surface area contributed by atoms with E-state index in [-0.39, 0.29) is 10.7 Å². The summed E-state index contributed by atoms with van der Waals surface area (Å²) in [6.07, 6.45) is 0.516. The first-order valence-corrected chi connectivity index (χ1v) is 9.12. The number of ether oxygens (including phenoxy) is 2. The Balaban J connectivity index is 3.61. The smallest absolute Gasteiger partial charge is 0.221 e. The van der Waals surface area contributed by atoms with Crippen molar-refractivity contribution < 1.29 is 14.3 Å². The Kier molecular flexibility index (Phi) is 12.8. The lowest BCUT2D eigenvalue weighted by Crippen LogP contribution is -2.32. The van der Waals surface area contributed by atoms with E-state index in [0.717, 1.165) is 12.3 Å². The topological polar surface area (TPSA) is 59.6 Å². The van der Waals surface area contributed by atoms with Crippen LogP contribution < -0.4 is 10.6 Å². The van der Waals surface area contributed by atoms with E-state index in [9.17, 15) is 4.79 Å². The molecule has 0 rings (SSSR count). The van der Waals surface area contributed by atoms with E-state index in [4.69, 9.17) is 9.47 Å². The lowest BCUT2D eigenvalue weighted by atomic mass is 10.1. The largest absolute Gasteiger partial charge is 0.382 e. The van der Waals surface area contributed by atoms with Gasteiger partial charge in [0, 0.05) is 37.1 Å². The number of carbonyl (C=O) groups excluding carboxylic acids is 1. The molecular weight excluding hydrogens is 296 g/mol. The Hall–Kier alpha value is 0.0500. The molecular formula is C13H28N2O3S2. The second-order valence-electron chi connectivity index (χ2n) is 4.90. The van der Waals surface area contributed by atoms with Gasteiger partial charge in [-0.3, -0.25) is 4.79 Å². The van der Waals surface area contributed by atoms with E-state index in [0.29, 0.717) is 32.8 Å². The molecule has 1 amide bonds. The van der Waals surface area contributed by atoms with Crippen molar-refractivity contribution in [1.82, 2.24) is 10.6 Å². The summed E-state index contributed by atoms with van der Waals surface area (Å²) >= 11 is 0. The summed E-state index contributed by atoms with van der Waals surface area (Å²) in [6.45, 7) is 7.41. The quantitative estimate of drug-likeness (QED) is 0.396. The van der Waals surface area contributed by atoms with Gasteiger partial charge in [0.05, 0.1) is 19.8 Å². The van der Waals surface area contributed by atoms with Crippen molar-refractivity contribution in [3.8, 4) is 0 Å². The van der Waals surface area contributed by atoms with Gasteiger partial charge in [-0.1, -0.05) is 21.6 Å². The van der Waals surface area contributed by atoms with Gasteiger partial charge in [0.1, 0.15) is 0 Å². The van der Waals surface area contributed by atoms with Crippen LogP contribution in [0.15, 0.2) is 0 Å². The molecule has 7 heteroatoms. The molecule has 0 aliphatic carbocycles. The van der Waals surface area contributed by atoms with E-state index < -0.39 is 0 Å². The summed E-state index contributed by atoms with van der Waals surface area (Å²) in [5, 5.41) is 5.98. The number of hydrogen-bond acceptors (Lipinski definition) is 6. The Morgan fingerprint density at radius 1 is 1.20 bits per heavy atom. The van der Waals surface area contributed by atoms with Crippen LogP contribution in [0.1, 0.15) is 20.3 Å². The maximum Gasteiger partial charge on any atom is 0.221 e. The van der Waals surface area contributed by atoms with Crippen LogP contribution >= 0.6 is 21.6 Å². The zero-order valence-electron chi connectivity index (χ0n) is 13.0. The molecule has 0 aliphatic rings. The fourth-order valence-corrected chi connectivity index (χ4v) is 3.84. The molecule has 5 nitrogen and oxygen atoms in total. The van der Waals surface area contributed by atoms with Crippen LogP contribution in [-0.4, -0.2) is 63.5 Å². The third-order valence-electron chi connectivity index (χ3n) is 2.31. The first kappa shape index (κ1) is 20.1. The van der Waals surface area contributed by atoms with Gasteiger partial charge in [0.15, 0.2) is 0 Å². The molecule has 0 atom stereocenters. The molecule has 0 heterocycles. The average molecular weight is 325 g/mol. The Morgan fingerprint density at radius 3 is 2.60 bits per heavy atom. The fraction of sp³-hybridized carbons (Fsp3) is 0.923. The minimum atomic E-state index is -0.0562. The molecule has 0 aromatic carbocycles. The van der Waals surface area contributed by atoms with Crippen LogP contribution in [0.25, 0.3) is 0 Å². The van der Waals surface area contributed by atoms with Crippen LogP contribution in [0.5, 0.6) is 0 Å². The normalized spacial score (nSPS) is 11.6. The van der Waals surface area contributed by atoms with Gasteiger partial charge in [-0.15, -0.1) is 0 Å². The standard InChI is InChI=1S/C13H28N2O3S2/c1-13(2,20-19-10-6-14-3)11-12(16)15-5-7-18-9-8-17-4/h14H,5-11H2,1-4H3,(H,15,16). The zero-order valence-corrected chi connectivity index (χ0v) is 14.6. The van der Waals surface area contributed by atoms with Crippen LogP contribution in [0.4, 0.5) is 0 Å². The van der Waals surface area contributed by atoms with Crippen LogP contribution in [0.2, 0.25) is 0 Å². The third kappa shape index (κ3) is 13.1. The van der Waals surface area contributed by atoms with Gasteiger partial charge in [-0.2, -0.15) is 0 Å². The second kappa shape index (κ2) is 12.8. The SMILES string of the molecule is CNCCSSC(C)(C)CC(=O)NCCOCCOC. The molecule has 0 fully saturated rings. The van der Waals surface area contributed by atoms with Crippen LogP contribution in [0.3, 0.4) is 0 Å². The van der Waals surface area contributed by atoms with Gasteiger partial charge in [-0.05, 0) is 20.9 Å². The first-order chi connectivity index (χ1) is 9.52. The maximum absolute atomic E-state index is 11.8. The molecule has 0 aromatic heterocycles. The highest BCUT2D eigenvalue weighted by molar-refractivity contribution is 8.77. The number of rotatable bonds is 13. The number of hydrogen-bond donors (Lipinski definition) is 2. The Labute approximate surface area is 130 Å². The summed E-state index contributed by atoms with van der Waals surface area (Å²) in [7, 11) is 7.15. The zero-order chi connectivity index (χ0) is 15.3. The second-order valence-corrected chi connectivity index (χ2v) is 8.02. The molecule has 120 valence electrons. The van der Waals surface area contributed by atoms with Crippen molar-refractivity contribution in [2.75, 3.05) is 52.8 Å². The summed E-state index contributed by atoms with van der Waals surface area (Å²) in [5.41, 5.74) is 0. The molecule has 0 aliphatic heterocycles. The first-order valence-electron chi connectivity index (χ1n) is 6.80. The number of amides is 1. The predicted octanol–water partition coefficient (Wildman–Crippen LogP) is 1.54. The van der Waals surface area contributed by atoms with Crippen molar-refractivity contribution in [1.29, 1.82) is 0 Å². The molecule has 0 saturated heterocycles. The minimum absolute atomic E-state index is 0.0562. The van der Waals surface area contributed by atoms with E-state index >= 15 is 0 Å². The van der Waals surface area contributed by atoms with E-state index in [1.807, 2.05) is 7.05 Å². The summed E-state index contributed by atoms with van der Waals surface area (Å²) in [6, 6.07) is 0. The predicted molar refractivity (Wildman–Crippen MR) is 88.4 cm³/mol. The highest BCUT2D eigenvalue weighted by atomic mass is 33.1. The molecule has 0 unspecified atom stereocenters. The van der Waals surface area contributed by atoms with Crippen molar-refractivity contribution in [3.63, 3.8) is 0 Å². The Morgan fingerprint density at radius 2 is 1.95 bits per heavy atom. The van der Waals surface area contributed by atoms with Gasteiger partial charge in [0.2, 0.25) is 5.91 Å². The van der Waals surface area contributed by atoms with E-state index in [1.165, 1.54) is 0 Å². The molecule has 0 bridgehead atoms. The minimum Gasteiger partial charge on any atom is -0.382 e. The van der Waals surface area contributed by atoms with E-state index in [2.05, 4.69) is 24.5 Å². The number of nitrogens with one attached hydrogen (secondary N) is 2. The Bertz CT molecular complexity index is 254. The number of methoxy groups -OCH3 is 1. The lowest BCUT2D eigenvalue weighted by Gasteiger charge is -2.22. The summed E-state index contributed by atoms with van der Waals surface area (Å²) in [5.74, 6) is 1.12. The highest BCUT2D eigenvalue weighted by Gasteiger charge is 2.22. The fourth-order valence-electron chi connectivity index (χ4n) is 1.33. The molecule has 20 heavy (non-hydrogen) atoms. The van der Waals surface area contributed by atoms with Crippen LogP contribution in [-0.2, 0) is 14.3 Å². The van der Waals surface area contributed by atoms with Gasteiger partial charge in [0.25, 0.3) is 0 Å². The highest BCUT2D eigenvalue weighted by Crippen LogP contribution is 2.37. The van der Waals surface area contributed by atoms with E-state index in [1.54, 1.807) is 28.7 Å². The monoisotopic (exact) mass is 324 g/mol. The molecule has 0 aromatic rings. The maximum atomic E-state index is 11.8. The molecule has 0 saturated carbocycles. The average Bonchev–Trinajstić information content (AvgIpc) is 2.38. The van der Waals surface area contributed by atoms with Gasteiger partial charge < -0.3 is 20.1 Å². The van der Waals surface area contributed by atoms with Crippen molar-refractivity contribution in [2.45, 2.75) is 25.0 Å².